The van der Waals surface area contributed by atoms with E-state index < -0.39 is 5.60 Å². The zero-order valence-corrected chi connectivity index (χ0v) is 16.5. The van der Waals surface area contributed by atoms with Crippen LogP contribution in [0.1, 0.15) is 48.2 Å². The first-order chi connectivity index (χ1) is 13.5. The van der Waals surface area contributed by atoms with Crippen LogP contribution in [0.5, 0.6) is 0 Å². The summed E-state index contributed by atoms with van der Waals surface area (Å²) in [6.07, 6.45) is 6.87. The molecule has 2 aliphatic rings. The normalized spacial score (nSPS) is 23.7. The quantitative estimate of drug-likeness (QED) is 0.733. The van der Waals surface area contributed by atoms with E-state index in [0.29, 0.717) is 18.6 Å². The van der Waals surface area contributed by atoms with Gasteiger partial charge in [0.2, 0.25) is 0 Å². The van der Waals surface area contributed by atoms with Gasteiger partial charge in [-0.25, -0.2) is 0 Å². The smallest absolute Gasteiger partial charge is 0.105 e. The predicted octanol–water partition coefficient (Wildman–Crippen LogP) is 3.13. The molecule has 1 saturated heterocycles. The number of aliphatic hydroxyl groups excluding tert-OH is 1. The molecular formula is C23H27N3O2. The fourth-order valence-corrected chi connectivity index (χ4v) is 5.29. The van der Waals surface area contributed by atoms with Crippen molar-refractivity contribution in [1.29, 1.82) is 0 Å². The van der Waals surface area contributed by atoms with Crippen molar-refractivity contribution in [2.45, 2.75) is 57.0 Å². The van der Waals surface area contributed by atoms with E-state index in [0.717, 1.165) is 23.1 Å². The highest BCUT2D eigenvalue weighted by Gasteiger charge is 2.41. The Bertz CT molecular complexity index is 1030. The van der Waals surface area contributed by atoms with Gasteiger partial charge in [0.1, 0.15) is 5.60 Å². The van der Waals surface area contributed by atoms with Gasteiger partial charge in [-0.3, -0.25) is 9.88 Å². The van der Waals surface area contributed by atoms with Gasteiger partial charge in [-0.15, -0.1) is 0 Å². The molecule has 4 heterocycles. The van der Waals surface area contributed by atoms with Gasteiger partial charge in [-0.05, 0) is 67.8 Å². The minimum Gasteiger partial charge on any atom is -0.392 e. The van der Waals surface area contributed by atoms with Crippen LogP contribution in [-0.4, -0.2) is 37.8 Å². The Labute approximate surface area is 165 Å². The molecule has 0 spiro atoms. The van der Waals surface area contributed by atoms with Crippen LogP contribution in [0.4, 0.5) is 0 Å². The molecule has 146 valence electrons. The minimum absolute atomic E-state index is 0.0494. The van der Waals surface area contributed by atoms with Crippen LogP contribution in [0.3, 0.4) is 0 Å². The number of hydrogen-bond donors (Lipinski definition) is 2. The summed E-state index contributed by atoms with van der Waals surface area (Å²) in [5, 5.41) is 22.2. The SMILES string of the molecule is CN1C2CCC1c1c(n(CC(C)(O)c3ccncc3)c3ccc(CO)cc13)C2. The number of pyridine rings is 1. The summed E-state index contributed by atoms with van der Waals surface area (Å²) >= 11 is 0. The molecule has 0 aliphatic carbocycles. The Kier molecular flexibility index (Phi) is 4.09. The molecule has 2 aromatic heterocycles. The largest absolute Gasteiger partial charge is 0.392 e. The second-order valence-corrected chi connectivity index (χ2v) is 8.58. The van der Waals surface area contributed by atoms with Crippen molar-refractivity contribution in [2.75, 3.05) is 7.05 Å². The number of benzene rings is 1. The van der Waals surface area contributed by atoms with Crippen LogP contribution in [0, 0.1) is 0 Å². The number of fused-ring (bicyclic) bond motifs is 6. The van der Waals surface area contributed by atoms with Gasteiger partial charge < -0.3 is 14.8 Å². The van der Waals surface area contributed by atoms with E-state index in [9.17, 15) is 10.2 Å². The van der Waals surface area contributed by atoms with Gasteiger partial charge in [0.15, 0.2) is 0 Å². The first-order valence-corrected chi connectivity index (χ1v) is 10.1. The van der Waals surface area contributed by atoms with Crippen LogP contribution in [0.25, 0.3) is 10.9 Å². The van der Waals surface area contributed by atoms with Crippen molar-refractivity contribution in [3.63, 3.8) is 0 Å². The van der Waals surface area contributed by atoms with Gasteiger partial charge in [0, 0.05) is 47.5 Å². The summed E-state index contributed by atoms with van der Waals surface area (Å²) in [4.78, 5) is 6.60. The van der Waals surface area contributed by atoms with Crippen molar-refractivity contribution in [3.05, 3.63) is 65.1 Å². The highest BCUT2D eigenvalue weighted by atomic mass is 16.3. The predicted molar refractivity (Wildman–Crippen MR) is 109 cm³/mol. The maximum absolute atomic E-state index is 11.3. The Hall–Kier alpha value is -2.21. The topological polar surface area (TPSA) is 61.5 Å². The van der Waals surface area contributed by atoms with E-state index in [1.54, 1.807) is 12.4 Å². The maximum atomic E-state index is 11.3. The monoisotopic (exact) mass is 377 g/mol. The summed E-state index contributed by atoms with van der Waals surface area (Å²) < 4.78 is 2.32. The van der Waals surface area contributed by atoms with Crippen molar-refractivity contribution < 1.29 is 10.2 Å². The summed E-state index contributed by atoms with van der Waals surface area (Å²) in [5.74, 6) is 0. The third-order valence-corrected chi connectivity index (χ3v) is 6.83. The molecule has 5 nitrogen and oxygen atoms in total. The zero-order valence-electron chi connectivity index (χ0n) is 16.5. The third-order valence-electron chi connectivity index (χ3n) is 6.83. The lowest BCUT2D eigenvalue weighted by Gasteiger charge is -2.33. The Balaban J connectivity index is 1.68. The maximum Gasteiger partial charge on any atom is 0.105 e. The fraction of sp³-hybridized carbons (Fsp3) is 0.435. The van der Waals surface area contributed by atoms with Crippen LogP contribution >= 0.6 is 0 Å². The Morgan fingerprint density at radius 2 is 1.96 bits per heavy atom. The second-order valence-electron chi connectivity index (χ2n) is 8.58. The lowest BCUT2D eigenvalue weighted by Crippen LogP contribution is -2.36. The average molecular weight is 377 g/mol. The summed E-state index contributed by atoms with van der Waals surface area (Å²) in [6, 6.07) is 11.0. The van der Waals surface area contributed by atoms with Crippen LogP contribution < -0.4 is 0 Å². The molecule has 1 fully saturated rings. The Morgan fingerprint density at radius 3 is 2.71 bits per heavy atom. The average Bonchev–Trinajstić information content (AvgIpc) is 3.12. The highest BCUT2D eigenvalue weighted by Crippen LogP contribution is 2.47. The number of aromatic nitrogens is 2. The van der Waals surface area contributed by atoms with Crippen LogP contribution in [0.2, 0.25) is 0 Å². The molecule has 1 aromatic carbocycles. The molecule has 0 amide bonds. The molecule has 5 rings (SSSR count). The molecule has 3 unspecified atom stereocenters. The summed E-state index contributed by atoms with van der Waals surface area (Å²) in [6.45, 7) is 2.43. The van der Waals surface area contributed by atoms with Gasteiger partial charge in [0.05, 0.1) is 13.2 Å². The van der Waals surface area contributed by atoms with Gasteiger partial charge in [-0.1, -0.05) is 6.07 Å². The lowest BCUT2D eigenvalue weighted by atomic mass is 9.95. The van der Waals surface area contributed by atoms with E-state index in [-0.39, 0.29) is 6.61 Å². The number of rotatable bonds is 4. The van der Waals surface area contributed by atoms with E-state index in [4.69, 9.17) is 0 Å². The van der Waals surface area contributed by atoms with E-state index >= 15 is 0 Å². The van der Waals surface area contributed by atoms with Crippen molar-refractivity contribution in [3.8, 4) is 0 Å². The van der Waals surface area contributed by atoms with Gasteiger partial charge >= 0.3 is 0 Å². The van der Waals surface area contributed by atoms with E-state index in [2.05, 4.69) is 33.6 Å². The molecule has 0 saturated carbocycles. The molecule has 2 bridgehead atoms. The molecule has 28 heavy (non-hydrogen) atoms. The van der Waals surface area contributed by atoms with E-state index in [1.807, 2.05) is 25.1 Å². The molecule has 2 N–H and O–H groups in total. The van der Waals surface area contributed by atoms with Gasteiger partial charge in [-0.2, -0.15) is 0 Å². The lowest BCUT2D eigenvalue weighted by molar-refractivity contribution is 0.0381. The fourth-order valence-electron chi connectivity index (χ4n) is 5.29. The minimum atomic E-state index is -0.985. The first kappa shape index (κ1) is 17.9. The highest BCUT2D eigenvalue weighted by molar-refractivity contribution is 5.87. The molecular weight excluding hydrogens is 350 g/mol. The van der Waals surface area contributed by atoms with E-state index in [1.165, 1.54) is 29.5 Å². The zero-order chi connectivity index (χ0) is 19.5. The second kappa shape index (κ2) is 6.41. The first-order valence-electron chi connectivity index (χ1n) is 10.1. The Morgan fingerprint density at radius 1 is 1.18 bits per heavy atom. The number of aliphatic hydroxyl groups is 2. The van der Waals surface area contributed by atoms with Crippen molar-refractivity contribution in [1.82, 2.24) is 14.5 Å². The van der Waals surface area contributed by atoms with Crippen LogP contribution in [-0.2, 0) is 25.2 Å². The summed E-state index contributed by atoms with van der Waals surface area (Å²) in [5.41, 5.74) is 4.73. The van der Waals surface area contributed by atoms with Crippen LogP contribution in [0.15, 0.2) is 42.7 Å². The molecule has 0 radical (unpaired) electrons. The third kappa shape index (κ3) is 2.61. The number of nitrogens with zero attached hydrogens (tertiary/aromatic N) is 3. The van der Waals surface area contributed by atoms with Crippen molar-refractivity contribution in [2.24, 2.45) is 0 Å². The molecule has 5 heteroatoms. The molecule has 2 aliphatic heterocycles. The molecule has 3 atom stereocenters. The summed E-state index contributed by atoms with van der Waals surface area (Å²) in [7, 11) is 2.23. The van der Waals surface area contributed by atoms with Gasteiger partial charge in [0.25, 0.3) is 0 Å². The number of hydrogen-bond acceptors (Lipinski definition) is 4. The standard InChI is InChI=1S/C23H27N3O2/c1-23(28,16-7-9-24-10-8-16)14-26-19-5-3-15(13-27)11-18(19)22-20-6-4-17(25(20)2)12-21(22)26/h3,5,7-11,17,20,27-28H,4,6,12-14H2,1-2H3. The molecule has 3 aromatic rings. The van der Waals surface area contributed by atoms with Crippen molar-refractivity contribution >= 4 is 10.9 Å². The number of likely N-dealkylation sites (N-methyl/N-ethyl adjacent to an activating group) is 1.